The van der Waals surface area contributed by atoms with Crippen molar-refractivity contribution in [1.29, 1.82) is 5.26 Å². The molecule has 0 N–H and O–H groups in total. The minimum atomic E-state index is 0.494. The van der Waals surface area contributed by atoms with E-state index in [4.69, 9.17) is 5.26 Å². The van der Waals surface area contributed by atoms with E-state index in [-0.39, 0.29) is 0 Å². The predicted molar refractivity (Wildman–Crippen MR) is 61.6 cm³/mol. The molecule has 1 rings (SSSR count). The molecule has 0 spiro atoms. The van der Waals surface area contributed by atoms with Crippen molar-refractivity contribution in [2.75, 3.05) is 12.5 Å². The van der Waals surface area contributed by atoms with Crippen molar-refractivity contribution < 1.29 is 0 Å². The van der Waals surface area contributed by atoms with Crippen molar-refractivity contribution in [2.24, 2.45) is 0 Å². The van der Waals surface area contributed by atoms with E-state index >= 15 is 0 Å². The second kappa shape index (κ2) is 5.68. The molecule has 0 aliphatic rings. The van der Waals surface area contributed by atoms with Gasteiger partial charge in [-0.3, -0.25) is 0 Å². The Hall–Kier alpha value is -0.990. The summed E-state index contributed by atoms with van der Waals surface area (Å²) in [5, 5.41) is 9.00. The SMILES string of the molecule is CSC(SC)=C(C#N)c1ncccn1. The average Bonchev–Trinajstić information content (AvgIpc) is 2.27. The number of rotatable bonds is 3. The fourth-order valence-electron chi connectivity index (χ4n) is 0.903. The first kappa shape index (κ1) is 11.1. The maximum Gasteiger partial charge on any atom is 0.171 e. The lowest BCUT2D eigenvalue weighted by molar-refractivity contribution is 1.12. The van der Waals surface area contributed by atoms with Crippen LogP contribution in [0.3, 0.4) is 0 Å². The van der Waals surface area contributed by atoms with Crippen molar-refractivity contribution in [3.63, 3.8) is 0 Å². The number of nitriles is 1. The number of aromatic nitrogens is 2. The fraction of sp³-hybridized carbons (Fsp3) is 0.222. The first-order chi connectivity index (χ1) is 6.83. The van der Waals surface area contributed by atoms with Crippen molar-refractivity contribution in [1.82, 2.24) is 9.97 Å². The van der Waals surface area contributed by atoms with Crippen molar-refractivity contribution in [3.05, 3.63) is 28.5 Å². The number of allylic oxidation sites excluding steroid dienone is 1. The molecule has 0 amide bonds. The van der Waals surface area contributed by atoms with Crippen LogP contribution in [0.25, 0.3) is 5.57 Å². The minimum Gasteiger partial charge on any atom is -0.236 e. The second-order valence-electron chi connectivity index (χ2n) is 2.25. The summed E-state index contributed by atoms with van der Waals surface area (Å²) in [6.45, 7) is 0. The molecule has 0 atom stereocenters. The van der Waals surface area contributed by atoms with Crippen LogP contribution in [0.5, 0.6) is 0 Å². The van der Waals surface area contributed by atoms with E-state index in [0.717, 1.165) is 4.24 Å². The van der Waals surface area contributed by atoms with Gasteiger partial charge < -0.3 is 0 Å². The maximum atomic E-state index is 9.00. The molecule has 1 aromatic rings. The van der Waals surface area contributed by atoms with Crippen LogP contribution in [0, 0.1) is 11.3 Å². The topological polar surface area (TPSA) is 49.6 Å². The smallest absolute Gasteiger partial charge is 0.171 e. The molecule has 3 nitrogen and oxygen atoms in total. The Morgan fingerprint density at radius 3 is 2.29 bits per heavy atom. The Kier molecular flexibility index (Phi) is 4.50. The number of nitrogens with zero attached hydrogens (tertiary/aromatic N) is 3. The molecule has 0 saturated carbocycles. The highest BCUT2D eigenvalue weighted by Crippen LogP contribution is 2.30. The zero-order chi connectivity index (χ0) is 10.4. The Morgan fingerprint density at radius 1 is 1.29 bits per heavy atom. The van der Waals surface area contributed by atoms with Crippen LogP contribution in [0.4, 0.5) is 0 Å². The van der Waals surface area contributed by atoms with Gasteiger partial charge in [-0.25, -0.2) is 9.97 Å². The van der Waals surface area contributed by atoms with E-state index in [0.29, 0.717) is 11.4 Å². The average molecular weight is 223 g/mol. The summed E-state index contributed by atoms with van der Waals surface area (Å²) in [6, 6.07) is 3.87. The molecular weight excluding hydrogens is 214 g/mol. The molecule has 1 heterocycles. The zero-order valence-corrected chi connectivity index (χ0v) is 9.52. The molecule has 0 radical (unpaired) electrons. The van der Waals surface area contributed by atoms with E-state index in [2.05, 4.69) is 16.0 Å². The lowest BCUT2D eigenvalue weighted by Gasteiger charge is -2.02. The normalized spacial score (nSPS) is 9.21. The van der Waals surface area contributed by atoms with Crippen LogP contribution in [-0.2, 0) is 0 Å². The Bertz CT molecular complexity index is 361. The van der Waals surface area contributed by atoms with Crippen LogP contribution >= 0.6 is 23.5 Å². The highest BCUT2D eigenvalue weighted by molar-refractivity contribution is 8.21. The minimum absolute atomic E-state index is 0.494. The summed E-state index contributed by atoms with van der Waals surface area (Å²) in [5.74, 6) is 0.494. The monoisotopic (exact) mass is 223 g/mol. The van der Waals surface area contributed by atoms with Gasteiger partial charge in [-0.05, 0) is 18.6 Å². The Balaban J connectivity index is 3.17. The van der Waals surface area contributed by atoms with Gasteiger partial charge in [-0.15, -0.1) is 23.5 Å². The quantitative estimate of drug-likeness (QED) is 0.736. The maximum absolute atomic E-state index is 9.00. The van der Waals surface area contributed by atoms with Crippen molar-refractivity contribution in [3.8, 4) is 6.07 Å². The van der Waals surface area contributed by atoms with Gasteiger partial charge in [0.25, 0.3) is 0 Å². The van der Waals surface area contributed by atoms with Gasteiger partial charge >= 0.3 is 0 Å². The van der Waals surface area contributed by atoms with Gasteiger partial charge in [0.1, 0.15) is 11.6 Å². The lowest BCUT2D eigenvalue weighted by Crippen LogP contribution is -1.92. The summed E-state index contributed by atoms with van der Waals surface area (Å²) in [7, 11) is 0. The van der Waals surface area contributed by atoms with Gasteiger partial charge in [-0.1, -0.05) is 0 Å². The molecule has 5 heteroatoms. The molecular formula is C9H9N3S2. The van der Waals surface area contributed by atoms with Crippen molar-refractivity contribution >= 4 is 29.1 Å². The molecule has 1 aromatic heterocycles. The predicted octanol–water partition coefficient (Wildman–Crippen LogP) is 2.39. The molecule has 0 aliphatic carbocycles. The van der Waals surface area contributed by atoms with Gasteiger partial charge in [0, 0.05) is 12.4 Å². The zero-order valence-electron chi connectivity index (χ0n) is 7.89. The molecule has 0 saturated heterocycles. The van der Waals surface area contributed by atoms with E-state index in [1.165, 1.54) is 23.5 Å². The first-order valence-electron chi connectivity index (χ1n) is 3.83. The molecule has 0 unspecified atom stereocenters. The summed E-state index contributed by atoms with van der Waals surface area (Å²) < 4.78 is 0.943. The third kappa shape index (κ3) is 2.50. The molecule has 0 aromatic carbocycles. The molecule has 72 valence electrons. The molecule has 0 fully saturated rings. The first-order valence-corrected chi connectivity index (χ1v) is 6.28. The lowest BCUT2D eigenvalue weighted by atomic mass is 10.3. The van der Waals surface area contributed by atoms with Crippen LogP contribution in [0.1, 0.15) is 5.82 Å². The van der Waals surface area contributed by atoms with Crippen LogP contribution in [0.2, 0.25) is 0 Å². The summed E-state index contributed by atoms with van der Waals surface area (Å²) >= 11 is 3.08. The van der Waals surface area contributed by atoms with E-state index < -0.39 is 0 Å². The van der Waals surface area contributed by atoms with E-state index in [9.17, 15) is 0 Å². The summed E-state index contributed by atoms with van der Waals surface area (Å²) in [4.78, 5) is 8.10. The fourth-order valence-corrected chi connectivity index (χ4v) is 2.25. The van der Waals surface area contributed by atoms with Crippen LogP contribution in [0.15, 0.2) is 22.7 Å². The summed E-state index contributed by atoms with van der Waals surface area (Å²) in [6.07, 6.45) is 7.15. The van der Waals surface area contributed by atoms with Gasteiger partial charge in [0.2, 0.25) is 0 Å². The highest BCUT2D eigenvalue weighted by Gasteiger charge is 2.09. The highest BCUT2D eigenvalue weighted by atomic mass is 32.2. The van der Waals surface area contributed by atoms with E-state index in [1.54, 1.807) is 18.5 Å². The van der Waals surface area contributed by atoms with Gasteiger partial charge in [-0.2, -0.15) is 5.26 Å². The molecule has 14 heavy (non-hydrogen) atoms. The number of hydrogen-bond acceptors (Lipinski definition) is 5. The van der Waals surface area contributed by atoms with Crippen LogP contribution in [-0.4, -0.2) is 22.5 Å². The van der Waals surface area contributed by atoms with Gasteiger partial charge in [0.15, 0.2) is 5.82 Å². The standard InChI is InChI=1S/C9H9N3S2/c1-13-9(14-2)7(6-10)8-11-4-3-5-12-8/h3-5H,1-2H3. The molecule has 0 bridgehead atoms. The van der Waals surface area contributed by atoms with Gasteiger partial charge in [0.05, 0.1) is 4.24 Å². The Labute approximate surface area is 91.6 Å². The number of thioether (sulfide) groups is 2. The van der Waals surface area contributed by atoms with E-state index in [1.807, 2.05) is 12.5 Å². The Morgan fingerprint density at radius 2 is 1.86 bits per heavy atom. The third-order valence-electron chi connectivity index (χ3n) is 1.48. The largest absolute Gasteiger partial charge is 0.236 e. The summed E-state index contributed by atoms with van der Waals surface area (Å²) in [5.41, 5.74) is 0.547. The third-order valence-corrected chi connectivity index (χ3v) is 3.63. The molecule has 0 aliphatic heterocycles. The number of hydrogen-bond donors (Lipinski definition) is 0. The second-order valence-corrected chi connectivity index (χ2v) is 4.15. The van der Waals surface area contributed by atoms with Crippen LogP contribution < -0.4 is 0 Å². The van der Waals surface area contributed by atoms with Crippen molar-refractivity contribution in [2.45, 2.75) is 0 Å².